The SMILES string of the molecule is O=C1O[C@@H](Cn2ccnn2)CN1c1ccc(N2CCC(n3cc(CO)nn3)CC2)c(F)c1. The van der Waals surface area contributed by atoms with Crippen molar-refractivity contribution in [1.82, 2.24) is 30.0 Å². The maximum absolute atomic E-state index is 15.0. The van der Waals surface area contributed by atoms with Gasteiger partial charge < -0.3 is 14.7 Å². The summed E-state index contributed by atoms with van der Waals surface area (Å²) < 4.78 is 23.7. The molecule has 2 saturated heterocycles. The Morgan fingerprint density at radius 2 is 2.06 bits per heavy atom. The summed E-state index contributed by atoms with van der Waals surface area (Å²) in [4.78, 5) is 15.7. The smallest absolute Gasteiger partial charge is 0.414 e. The topological polar surface area (TPSA) is 114 Å². The minimum Gasteiger partial charge on any atom is -0.442 e. The largest absolute Gasteiger partial charge is 0.442 e. The number of piperidine rings is 1. The van der Waals surface area contributed by atoms with Crippen LogP contribution in [0.15, 0.2) is 36.8 Å². The number of carbonyl (C=O) groups is 1. The van der Waals surface area contributed by atoms with Crippen LogP contribution < -0.4 is 9.80 Å². The second kappa shape index (κ2) is 8.54. The third kappa shape index (κ3) is 4.00. The predicted molar refractivity (Wildman–Crippen MR) is 110 cm³/mol. The van der Waals surface area contributed by atoms with Crippen LogP contribution in [0, 0.1) is 5.82 Å². The van der Waals surface area contributed by atoms with Crippen LogP contribution in [0.25, 0.3) is 0 Å². The van der Waals surface area contributed by atoms with E-state index in [0.29, 0.717) is 43.2 Å². The molecule has 11 nitrogen and oxygen atoms in total. The first kappa shape index (κ1) is 20.4. The number of cyclic esters (lactones) is 1. The van der Waals surface area contributed by atoms with Crippen molar-refractivity contribution >= 4 is 17.5 Å². The molecular formula is C20H23FN8O3. The molecule has 4 heterocycles. The summed E-state index contributed by atoms with van der Waals surface area (Å²) in [7, 11) is 0. The summed E-state index contributed by atoms with van der Waals surface area (Å²) in [6, 6.07) is 5.00. The van der Waals surface area contributed by atoms with E-state index >= 15 is 0 Å². The molecule has 0 bridgehead atoms. The zero-order chi connectivity index (χ0) is 22.1. The van der Waals surface area contributed by atoms with Gasteiger partial charge in [0.25, 0.3) is 0 Å². The number of hydrogen-bond donors (Lipinski definition) is 1. The van der Waals surface area contributed by atoms with Crippen molar-refractivity contribution in [2.75, 3.05) is 29.4 Å². The highest BCUT2D eigenvalue weighted by Gasteiger charge is 2.33. The number of nitrogens with zero attached hydrogens (tertiary/aromatic N) is 8. The molecule has 1 atom stereocenters. The summed E-state index contributed by atoms with van der Waals surface area (Å²) >= 11 is 0. The Morgan fingerprint density at radius 1 is 1.22 bits per heavy atom. The first-order valence-corrected chi connectivity index (χ1v) is 10.5. The normalized spacial score (nSPS) is 19.6. The molecule has 0 aliphatic carbocycles. The van der Waals surface area contributed by atoms with E-state index in [-0.39, 0.29) is 24.6 Å². The van der Waals surface area contributed by atoms with E-state index in [9.17, 15) is 9.18 Å². The molecule has 0 radical (unpaired) electrons. The number of benzene rings is 1. The van der Waals surface area contributed by atoms with E-state index in [4.69, 9.17) is 9.84 Å². The number of aliphatic hydroxyl groups is 1. The first-order valence-electron chi connectivity index (χ1n) is 10.5. The number of anilines is 2. The zero-order valence-corrected chi connectivity index (χ0v) is 17.3. The molecule has 168 valence electrons. The van der Waals surface area contributed by atoms with Crippen molar-refractivity contribution in [3.05, 3.63) is 48.3 Å². The van der Waals surface area contributed by atoms with E-state index in [0.717, 1.165) is 12.8 Å². The molecule has 32 heavy (non-hydrogen) atoms. The molecule has 2 fully saturated rings. The summed E-state index contributed by atoms with van der Waals surface area (Å²) in [5.74, 6) is -0.378. The van der Waals surface area contributed by atoms with Gasteiger partial charge >= 0.3 is 6.09 Å². The number of carbonyl (C=O) groups excluding carboxylic acids is 1. The van der Waals surface area contributed by atoms with Crippen molar-refractivity contribution in [2.45, 2.75) is 38.1 Å². The van der Waals surface area contributed by atoms with Gasteiger partial charge in [-0.05, 0) is 31.0 Å². The van der Waals surface area contributed by atoms with E-state index < -0.39 is 6.09 Å². The van der Waals surface area contributed by atoms with Gasteiger partial charge in [-0.1, -0.05) is 10.4 Å². The minimum absolute atomic E-state index is 0.137. The highest BCUT2D eigenvalue weighted by Crippen LogP contribution is 2.31. The van der Waals surface area contributed by atoms with Crippen molar-refractivity contribution in [3.8, 4) is 0 Å². The van der Waals surface area contributed by atoms with Gasteiger partial charge in [0.2, 0.25) is 0 Å². The Kier molecular flexibility index (Phi) is 5.43. The third-order valence-corrected chi connectivity index (χ3v) is 5.88. The lowest BCUT2D eigenvalue weighted by atomic mass is 10.0. The fourth-order valence-electron chi connectivity index (χ4n) is 4.22. The van der Waals surface area contributed by atoms with Gasteiger partial charge in [0.1, 0.15) is 17.6 Å². The molecule has 12 heteroatoms. The number of hydrogen-bond acceptors (Lipinski definition) is 8. The van der Waals surface area contributed by atoms with Crippen LogP contribution in [-0.2, 0) is 17.9 Å². The molecule has 2 aromatic heterocycles. The summed E-state index contributed by atoms with van der Waals surface area (Å²) in [5.41, 5.74) is 1.51. The molecule has 0 unspecified atom stereocenters. The molecule has 5 rings (SSSR count). The van der Waals surface area contributed by atoms with Gasteiger partial charge in [0.15, 0.2) is 0 Å². The number of halogens is 1. The molecule has 1 aromatic carbocycles. The van der Waals surface area contributed by atoms with Crippen molar-refractivity contribution in [2.24, 2.45) is 0 Å². The van der Waals surface area contributed by atoms with E-state index in [2.05, 4.69) is 20.6 Å². The van der Waals surface area contributed by atoms with Crippen molar-refractivity contribution in [3.63, 3.8) is 0 Å². The Labute approximate surface area is 183 Å². The highest BCUT2D eigenvalue weighted by molar-refractivity contribution is 5.90. The average molecular weight is 442 g/mol. The lowest BCUT2D eigenvalue weighted by molar-refractivity contribution is 0.129. The van der Waals surface area contributed by atoms with E-state index in [1.54, 1.807) is 40.1 Å². The molecule has 2 aliphatic heterocycles. The Balaban J connectivity index is 1.22. The number of ether oxygens (including phenoxy) is 1. The summed E-state index contributed by atoms with van der Waals surface area (Å²) in [6.45, 7) is 1.91. The molecule has 0 saturated carbocycles. The quantitative estimate of drug-likeness (QED) is 0.609. The monoisotopic (exact) mass is 442 g/mol. The molecule has 1 N–H and O–H groups in total. The van der Waals surface area contributed by atoms with Crippen LogP contribution in [0.1, 0.15) is 24.6 Å². The molecular weight excluding hydrogens is 419 g/mol. The number of rotatable bonds is 6. The lowest BCUT2D eigenvalue weighted by Gasteiger charge is -2.33. The minimum atomic E-state index is -0.502. The molecule has 3 aromatic rings. The Bertz CT molecular complexity index is 1080. The zero-order valence-electron chi connectivity index (χ0n) is 17.3. The van der Waals surface area contributed by atoms with Gasteiger partial charge in [0, 0.05) is 19.3 Å². The van der Waals surface area contributed by atoms with Crippen LogP contribution in [-0.4, -0.2) is 66.9 Å². The standard InChI is InChI=1S/C20H23FN8O3/c21-18-9-16(28-12-17(32-20(28)31)11-27-8-5-22-24-27)1-2-19(18)26-6-3-15(4-7-26)29-10-14(13-30)23-25-29/h1-2,5,8-10,15,17,30H,3-4,6-7,11-13H2/t17-/m0/s1. The highest BCUT2D eigenvalue weighted by atomic mass is 19.1. The predicted octanol–water partition coefficient (Wildman–Crippen LogP) is 1.37. The average Bonchev–Trinajstić information content (AvgIpc) is 3.56. The lowest BCUT2D eigenvalue weighted by Crippen LogP contribution is -2.35. The van der Waals surface area contributed by atoms with Crippen LogP contribution >= 0.6 is 0 Å². The number of aliphatic hydroxyl groups excluding tert-OH is 1. The fraction of sp³-hybridized carbons (Fsp3) is 0.450. The van der Waals surface area contributed by atoms with Gasteiger partial charge in [-0.15, -0.1) is 10.2 Å². The Hall–Kier alpha value is -3.54. The molecule has 0 spiro atoms. The van der Waals surface area contributed by atoms with Gasteiger partial charge in [-0.2, -0.15) is 0 Å². The number of amides is 1. The van der Waals surface area contributed by atoms with Crippen LogP contribution in [0.5, 0.6) is 0 Å². The third-order valence-electron chi connectivity index (χ3n) is 5.88. The van der Waals surface area contributed by atoms with Crippen LogP contribution in [0.4, 0.5) is 20.6 Å². The maximum atomic E-state index is 15.0. The van der Waals surface area contributed by atoms with Gasteiger partial charge in [-0.3, -0.25) is 4.90 Å². The fourth-order valence-corrected chi connectivity index (χ4v) is 4.22. The molecule has 2 aliphatic rings. The van der Waals surface area contributed by atoms with Crippen LogP contribution in [0.2, 0.25) is 0 Å². The van der Waals surface area contributed by atoms with Crippen molar-refractivity contribution < 1.29 is 19.0 Å². The van der Waals surface area contributed by atoms with Gasteiger partial charge in [-0.25, -0.2) is 18.5 Å². The van der Waals surface area contributed by atoms with E-state index in [1.807, 2.05) is 4.90 Å². The van der Waals surface area contributed by atoms with Gasteiger partial charge in [0.05, 0.1) is 49.5 Å². The van der Waals surface area contributed by atoms with Crippen molar-refractivity contribution in [1.29, 1.82) is 0 Å². The summed E-state index contributed by atoms with van der Waals surface area (Å²) in [5, 5.41) is 24.8. The summed E-state index contributed by atoms with van der Waals surface area (Å²) in [6.07, 6.45) is 5.70. The number of aromatic nitrogens is 6. The molecule has 1 amide bonds. The Morgan fingerprint density at radius 3 is 2.75 bits per heavy atom. The first-order chi connectivity index (χ1) is 15.6. The maximum Gasteiger partial charge on any atom is 0.414 e. The second-order valence-electron chi connectivity index (χ2n) is 7.94. The van der Waals surface area contributed by atoms with Crippen LogP contribution in [0.3, 0.4) is 0 Å². The van der Waals surface area contributed by atoms with E-state index in [1.165, 1.54) is 11.0 Å². The second-order valence-corrected chi connectivity index (χ2v) is 7.94.